The molecule has 9 heavy (non-hydrogen) atoms. The first-order valence-electron chi connectivity index (χ1n) is 3.05. The molecule has 0 aromatic rings. The lowest BCUT2D eigenvalue weighted by atomic mass is 10.2. The summed E-state index contributed by atoms with van der Waals surface area (Å²) >= 11 is 3.47. The molecule has 3 nitrogen and oxygen atoms in total. The van der Waals surface area contributed by atoms with E-state index in [0.29, 0.717) is 4.83 Å². The van der Waals surface area contributed by atoms with Gasteiger partial charge in [0, 0.05) is 17.9 Å². The van der Waals surface area contributed by atoms with Gasteiger partial charge in [-0.25, -0.2) is 0 Å². The van der Waals surface area contributed by atoms with Gasteiger partial charge < -0.3 is 0 Å². The molecule has 0 radical (unpaired) electrons. The topological polar surface area (TPSA) is 32.7 Å². The highest BCUT2D eigenvalue weighted by Gasteiger charge is 2.15. The molecule has 1 rings (SSSR count). The molecular weight excluding hydrogens is 184 g/mol. The van der Waals surface area contributed by atoms with E-state index in [1.165, 1.54) is 0 Å². The van der Waals surface area contributed by atoms with Gasteiger partial charge in [0.05, 0.1) is 5.29 Å². The highest BCUT2D eigenvalue weighted by Crippen LogP contribution is 2.16. The maximum Gasteiger partial charge on any atom is 0.0523 e. The second-order valence-electron chi connectivity index (χ2n) is 2.21. The van der Waals surface area contributed by atoms with Crippen molar-refractivity contribution in [1.29, 1.82) is 0 Å². The third-order valence-electron chi connectivity index (χ3n) is 1.52. The molecule has 0 amide bonds. The Morgan fingerprint density at radius 1 is 1.44 bits per heavy atom. The Kier molecular flexibility index (Phi) is 2.45. The van der Waals surface area contributed by atoms with Crippen LogP contribution in [0.1, 0.15) is 12.8 Å². The van der Waals surface area contributed by atoms with Crippen LogP contribution in [0.15, 0.2) is 5.29 Å². The zero-order valence-corrected chi connectivity index (χ0v) is 6.67. The lowest BCUT2D eigenvalue weighted by Gasteiger charge is -2.23. The summed E-state index contributed by atoms with van der Waals surface area (Å²) in [5.74, 6) is 0. The SMILES string of the molecule is O=NN1CCC(Br)CC1. The van der Waals surface area contributed by atoms with Crippen molar-refractivity contribution < 1.29 is 0 Å². The van der Waals surface area contributed by atoms with Crippen LogP contribution < -0.4 is 0 Å². The quantitative estimate of drug-likeness (QED) is 0.467. The fraction of sp³-hybridized carbons (Fsp3) is 1.00. The smallest absolute Gasteiger partial charge is 0.0523 e. The largest absolute Gasteiger partial charge is 0.261 e. The van der Waals surface area contributed by atoms with E-state index in [1.54, 1.807) is 5.01 Å². The maximum atomic E-state index is 9.93. The van der Waals surface area contributed by atoms with Gasteiger partial charge in [-0.05, 0) is 12.8 Å². The summed E-state index contributed by atoms with van der Waals surface area (Å²) in [5, 5.41) is 4.41. The van der Waals surface area contributed by atoms with Gasteiger partial charge in [-0.3, -0.25) is 5.01 Å². The van der Waals surface area contributed by atoms with Gasteiger partial charge in [0.1, 0.15) is 0 Å². The number of nitrogens with zero attached hydrogens (tertiary/aromatic N) is 2. The van der Waals surface area contributed by atoms with E-state index in [0.717, 1.165) is 25.9 Å². The molecule has 0 aliphatic carbocycles. The molecule has 1 aliphatic rings. The van der Waals surface area contributed by atoms with Crippen LogP contribution in [0, 0.1) is 4.91 Å². The fourth-order valence-corrected chi connectivity index (χ4v) is 1.33. The van der Waals surface area contributed by atoms with Gasteiger partial charge in [-0.2, -0.15) is 0 Å². The zero-order valence-electron chi connectivity index (χ0n) is 5.09. The predicted molar refractivity (Wildman–Crippen MR) is 39.3 cm³/mol. The summed E-state index contributed by atoms with van der Waals surface area (Å²) in [6, 6.07) is 0. The summed E-state index contributed by atoms with van der Waals surface area (Å²) in [6.45, 7) is 1.61. The number of nitroso groups, excluding NO2 is 1. The lowest BCUT2D eigenvalue weighted by molar-refractivity contribution is 0.241. The summed E-state index contributed by atoms with van der Waals surface area (Å²) in [7, 11) is 0. The van der Waals surface area contributed by atoms with Crippen molar-refractivity contribution in [3.8, 4) is 0 Å². The second kappa shape index (κ2) is 3.15. The first-order valence-corrected chi connectivity index (χ1v) is 3.97. The van der Waals surface area contributed by atoms with Crippen LogP contribution in [-0.4, -0.2) is 22.9 Å². The van der Waals surface area contributed by atoms with Crippen LogP contribution in [0.2, 0.25) is 0 Å². The van der Waals surface area contributed by atoms with Gasteiger partial charge in [0.2, 0.25) is 0 Å². The molecule has 1 aliphatic heterocycles. The number of rotatable bonds is 1. The third-order valence-corrected chi connectivity index (χ3v) is 2.43. The number of halogens is 1. The summed E-state index contributed by atoms with van der Waals surface area (Å²) in [6.07, 6.45) is 2.07. The zero-order chi connectivity index (χ0) is 6.69. The molecule has 1 heterocycles. The number of hydrogen-bond acceptors (Lipinski definition) is 2. The Morgan fingerprint density at radius 3 is 2.44 bits per heavy atom. The summed E-state index contributed by atoms with van der Waals surface area (Å²) in [5.41, 5.74) is 0. The molecule has 0 N–H and O–H groups in total. The van der Waals surface area contributed by atoms with Gasteiger partial charge in [-0.15, -0.1) is 4.91 Å². The standard InChI is InChI=1S/C5H9BrN2O/c6-5-1-3-8(7-9)4-2-5/h5H,1-4H2. The molecule has 1 saturated heterocycles. The molecule has 0 spiro atoms. The van der Waals surface area contributed by atoms with Crippen molar-refractivity contribution in [2.75, 3.05) is 13.1 Å². The number of hydrogen-bond donors (Lipinski definition) is 0. The first-order chi connectivity index (χ1) is 4.33. The molecular formula is C5H9BrN2O. The van der Waals surface area contributed by atoms with Crippen LogP contribution in [0.3, 0.4) is 0 Å². The Hall–Kier alpha value is -0.120. The van der Waals surface area contributed by atoms with Crippen LogP contribution in [-0.2, 0) is 0 Å². The van der Waals surface area contributed by atoms with Gasteiger partial charge in [-0.1, -0.05) is 15.9 Å². The Morgan fingerprint density at radius 2 is 2.00 bits per heavy atom. The molecule has 4 heteroatoms. The van der Waals surface area contributed by atoms with Crippen LogP contribution in [0.25, 0.3) is 0 Å². The summed E-state index contributed by atoms with van der Waals surface area (Å²) in [4.78, 5) is 10.5. The predicted octanol–water partition coefficient (Wildman–Crippen LogP) is 1.53. The van der Waals surface area contributed by atoms with Crippen molar-refractivity contribution in [2.24, 2.45) is 5.29 Å². The minimum atomic E-state index is 0.593. The van der Waals surface area contributed by atoms with Gasteiger partial charge in [0.15, 0.2) is 0 Å². The van der Waals surface area contributed by atoms with Crippen molar-refractivity contribution in [1.82, 2.24) is 5.01 Å². The van der Waals surface area contributed by atoms with E-state index in [2.05, 4.69) is 21.2 Å². The molecule has 0 aromatic heterocycles. The van der Waals surface area contributed by atoms with E-state index in [-0.39, 0.29) is 0 Å². The van der Waals surface area contributed by atoms with Crippen molar-refractivity contribution in [2.45, 2.75) is 17.7 Å². The number of piperidine rings is 1. The van der Waals surface area contributed by atoms with Crippen molar-refractivity contribution >= 4 is 15.9 Å². The van der Waals surface area contributed by atoms with E-state index in [4.69, 9.17) is 0 Å². The van der Waals surface area contributed by atoms with Crippen molar-refractivity contribution in [3.63, 3.8) is 0 Å². The monoisotopic (exact) mass is 192 g/mol. The molecule has 1 fully saturated rings. The Bertz CT molecular complexity index is 101. The molecule has 0 bridgehead atoms. The van der Waals surface area contributed by atoms with Crippen LogP contribution in [0.5, 0.6) is 0 Å². The van der Waals surface area contributed by atoms with E-state index >= 15 is 0 Å². The van der Waals surface area contributed by atoms with Crippen molar-refractivity contribution in [3.05, 3.63) is 4.91 Å². The van der Waals surface area contributed by atoms with Gasteiger partial charge >= 0.3 is 0 Å². The Balaban J connectivity index is 2.26. The molecule has 0 saturated carbocycles. The highest BCUT2D eigenvalue weighted by atomic mass is 79.9. The minimum Gasteiger partial charge on any atom is -0.261 e. The normalized spacial score (nSPS) is 22.1. The fourth-order valence-electron chi connectivity index (χ4n) is 0.916. The Labute approximate surface area is 62.5 Å². The molecule has 0 aromatic carbocycles. The van der Waals surface area contributed by atoms with Crippen LogP contribution >= 0.6 is 15.9 Å². The molecule has 0 atom stereocenters. The third kappa shape index (κ3) is 1.93. The summed E-state index contributed by atoms with van der Waals surface area (Å²) < 4.78 is 0. The van der Waals surface area contributed by atoms with E-state index in [9.17, 15) is 4.91 Å². The van der Waals surface area contributed by atoms with E-state index in [1.807, 2.05) is 0 Å². The minimum absolute atomic E-state index is 0.593. The second-order valence-corrected chi connectivity index (χ2v) is 3.50. The average molecular weight is 193 g/mol. The number of alkyl halides is 1. The highest BCUT2D eigenvalue weighted by molar-refractivity contribution is 9.09. The molecule has 0 unspecified atom stereocenters. The van der Waals surface area contributed by atoms with E-state index < -0.39 is 0 Å². The maximum absolute atomic E-state index is 9.93. The molecule has 52 valence electrons. The van der Waals surface area contributed by atoms with Crippen LogP contribution in [0.4, 0.5) is 0 Å². The average Bonchev–Trinajstić information content (AvgIpc) is 1.90. The first kappa shape index (κ1) is 6.99. The van der Waals surface area contributed by atoms with Gasteiger partial charge in [0.25, 0.3) is 0 Å². The lowest BCUT2D eigenvalue weighted by Crippen LogP contribution is -2.29.